The molecule has 19 heteroatoms. The van der Waals surface area contributed by atoms with Crippen LogP contribution in [0.5, 0.6) is 0 Å². The molecular formula is C67H130O17P2. The molecule has 0 radical (unpaired) electrons. The van der Waals surface area contributed by atoms with Crippen LogP contribution in [0.4, 0.5) is 0 Å². The molecule has 0 amide bonds. The van der Waals surface area contributed by atoms with Gasteiger partial charge in [-0.15, -0.1) is 0 Å². The summed E-state index contributed by atoms with van der Waals surface area (Å²) in [7, 11) is -9.90. The molecule has 0 saturated carbocycles. The van der Waals surface area contributed by atoms with Crippen molar-refractivity contribution >= 4 is 39.5 Å². The van der Waals surface area contributed by atoms with E-state index in [9.17, 15) is 43.2 Å². The number of hydrogen-bond acceptors (Lipinski definition) is 15. The summed E-state index contributed by atoms with van der Waals surface area (Å²) in [5.74, 6) is 0.809. The van der Waals surface area contributed by atoms with E-state index >= 15 is 0 Å². The molecule has 0 bridgehead atoms. The summed E-state index contributed by atoms with van der Waals surface area (Å²) in [5.41, 5.74) is 0. The van der Waals surface area contributed by atoms with Gasteiger partial charge in [-0.25, -0.2) is 9.13 Å². The van der Waals surface area contributed by atoms with Gasteiger partial charge < -0.3 is 33.8 Å². The van der Waals surface area contributed by atoms with Gasteiger partial charge in [0.2, 0.25) is 0 Å². The van der Waals surface area contributed by atoms with E-state index in [2.05, 4.69) is 55.4 Å². The van der Waals surface area contributed by atoms with Gasteiger partial charge >= 0.3 is 39.5 Å². The quantitative estimate of drug-likeness (QED) is 0.0222. The molecule has 86 heavy (non-hydrogen) atoms. The molecule has 0 rings (SSSR count). The molecule has 0 aliphatic heterocycles. The van der Waals surface area contributed by atoms with Crippen LogP contribution in [0, 0.1) is 23.7 Å². The lowest BCUT2D eigenvalue weighted by Crippen LogP contribution is -2.30. The average molecular weight is 1270 g/mol. The Morgan fingerprint density at radius 2 is 0.558 bits per heavy atom. The number of aliphatic hydroxyl groups excluding tert-OH is 1. The van der Waals surface area contributed by atoms with E-state index in [1.54, 1.807) is 0 Å². The fourth-order valence-corrected chi connectivity index (χ4v) is 11.5. The first-order valence-electron chi connectivity index (χ1n) is 34.7. The number of phosphoric ester groups is 2. The van der Waals surface area contributed by atoms with Gasteiger partial charge in [0.15, 0.2) is 12.2 Å². The van der Waals surface area contributed by atoms with Gasteiger partial charge in [-0.1, -0.05) is 274 Å². The second-order valence-electron chi connectivity index (χ2n) is 25.9. The number of phosphoric acid groups is 2. The maximum atomic E-state index is 13.0. The number of carbonyl (C=O) groups is 4. The average Bonchev–Trinajstić information content (AvgIpc) is 3.66. The lowest BCUT2D eigenvalue weighted by Gasteiger charge is -2.21. The van der Waals surface area contributed by atoms with Crippen molar-refractivity contribution in [3.63, 3.8) is 0 Å². The van der Waals surface area contributed by atoms with Crippen molar-refractivity contribution in [3.05, 3.63) is 0 Å². The molecule has 0 aromatic carbocycles. The second kappa shape index (κ2) is 57.0. The highest BCUT2D eigenvalue weighted by Crippen LogP contribution is 2.45. The number of carbonyl (C=O) groups excluding carboxylic acids is 4. The van der Waals surface area contributed by atoms with Crippen LogP contribution in [0.2, 0.25) is 0 Å². The van der Waals surface area contributed by atoms with Crippen LogP contribution >= 0.6 is 15.6 Å². The molecule has 0 saturated heterocycles. The minimum atomic E-state index is -4.95. The molecular weight excluding hydrogens is 1140 g/mol. The minimum absolute atomic E-state index is 0.104. The Balaban J connectivity index is 5.26. The van der Waals surface area contributed by atoms with Crippen LogP contribution in [-0.2, 0) is 65.4 Å². The molecule has 0 fully saturated rings. The van der Waals surface area contributed by atoms with E-state index in [1.807, 2.05) is 0 Å². The second-order valence-corrected chi connectivity index (χ2v) is 28.8. The third-order valence-electron chi connectivity index (χ3n) is 15.7. The predicted octanol–water partition coefficient (Wildman–Crippen LogP) is 18.5. The lowest BCUT2D eigenvalue weighted by atomic mass is 9.99. The zero-order valence-corrected chi connectivity index (χ0v) is 57.7. The first-order chi connectivity index (χ1) is 41.1. The zero-order valence-electron chi connectivity index (χ0n) is 55.9. The van der Waals surface area contributed by atoms with Gasteiger partial charge in [0.1, 0.15) is 19.3 Å². The number of aliphatic hydroxyl groups is 1. The highest BCUT2D eigenvalue weighted by Gasteiger charge is 2.30. The molecule has 0 spiro atoms. The minimum Gasteiger partial charge on any atom is -0.462 e. The van der Waals surface area contributed by atoms with E-state index in [0.29, 0.717) is 31.6 Å². The maximum Gasteiger partial charge on any atom is 0.472 e. The highest BCUT2D eigenvalue weighted by molar-refractivity contribution is 7.47. The summed E-state index contributed by atoms with van der Waals surface area (Å²) in [6.45, 7) is 14.0. The van der Waals surface area contributed by atoms with Crippen molar-refractivity contribution in [2.45, 2.75) is 343 Å². The lowest BCUT2D eigenvalue weighted by molar-refractivity contribution is -0.161. The van der Waals surface area contributed by atoms with Gasteiger partial charge in [-0.3, -0.25) is 37.3 Å². The van der Waals surface area contributed by atoms with Crippen LogP contribution in [0.3, 0.4) is 0 Å². The molecule has 3 N–H and O–H groups in total. The van der Waals surface area contributed by atoms with Gasteiger partial charge in [0, 0.05) is 25.7 Å². The fourth-order valence-electron chi connectivity index (χ4n) is 9.93. The standard InChI is InChI=1S/C67H130O17P2/c1-9-60(8)46-38-30-21-14-10-11-15-23-33-41-49-66(71)83-62(53-77-64(69)47-39-31-22-18-17-20-28-36-44-58(4)5)55-81-85(73,74)79-51-61(68)52-80-86(75,76)82-56-63(54-78-65(70)48-40-32-26-25-29-37-45-59(6)7)84-67(72)50-42-34-24-16-12-13-19-27-35-43-57(2)3/h57-63,68H,9-56H2,1-8H3,(H,73,74)(H,75,76)/t60?,61-,62-,63-/m1/s1. The van der Waals surface area contributed by atoms with E-state index in [1.165, 1.54) is 122 Å². The Kier molecular flexibility index (Phi) is 55.7. The number of unbranched alkanes of at least 4 members (excludes halogenated alkanes) is 29. The normalized spacial score (nSPS) is 14.7. The van der Waals surface area contributed by atoms with E-state index in [0.717, 1.165) is 114 Å². The van der Waals surface area contributed by atoms with E-state index in [-0.39, 0.29) is 25.7 Å². The van der Waals surface area contributed by atoms with Crippen LogP contribution in [0.15, 0.2) is 0 Å². The summed E-state index contributed by atoms with van der Waals surface area (Å²) in [6, 6.07) is 0. The summed E-state index contributed by atoms with van der Waals surface area (Å²) >= 11 is 0. The first kappa shape index (κ1) is 84.1. The van der Waals surface area contributed by atoms with Gasteiger partial charge in [0.25, 0.3) is 0 Å². The predicted molar refractivity (Wildman–Crippen MR) is 344 cm³/mol. The van der Waals surface area contributed by atoms with Crippen molar-refractivity contribution in [1.82, 2.24) is 0 Å². The van der Waals surface area contributed by atoms with Crippen molar-refractivity contribution in [2.75, 3.05) is 39.6 Å². The topological polar surface area (TPSA) is 237 Å². The Bertz CT molecular complexity index is 1720. The Morgan fingerprint density at radius 1 is 0.326 bits per heavy atom. The van der Waals surface area contributed by atoms with Gasteiger partial charge in [-0.05, 0) is 49.4 Å². The Labute approximate surface area is 524 Å². The molecule has 0 aromatic rings. The van der Waals surface area contributed by atoms with Crippen molar-refractivity contribution in [3.8, 4) is 0 Å². The third kappa shape index (κ3) is 59.7. The Hall–Kier alpha value is -1.94. The van der Waals surface area contributed by atoms with Crippen LogP contribution < -0.4 is 0 Å². The number of ether oxygens (including phenoxy) is 4. The largest absolute Gasteiger partial charge is 0.472 e. The summed E-state index contributed by atoms with van der Waals surface area (Å²) in [5, 5.41) is 10.6. The van der Waals surface area contributed by atoms with E-state index < -0.39 is 97.5 Å². The Morgan fingerprint density at radius 3 is 0.826 bits per heavy atom. The first-order valence-corrected chi connectivity index (χ1v) is 37.7. The van der Waals surface area contributed by atoms with Crippen LogP contribution in [-0.4, -0.2) is 96.7 Å². The number of hydrogen-bond donors (Lipinski definition) is 3. The van der Waals surface area contributed by atoms with Crippen LogP contribution in [0.25, 0.3) is 0 Å². The van der Waals surface area contributed by atoms with Crippen molar-refractivity contribution < 1.29 is 80.2 Å². The summed E-state index contributed by atoms with van der Waals surface area (Å²) in [6.07, 6.45) is 37.7. The smallest absolute Gasteiger partial charge is 0.462 e. The maximum absolute atomic E-state index is 13.0. The highest BCUT2D eigenvalue weighted by atomic mass is 31.2. The molecule has 0 aliphatic rings. The number of esters is 4. The van der Waals surface area contributed by atoms with Gasteiger partial charge in [-0.2, -0.15) is 0 Å². The summed E-state index contributed by atoms with van der Waals surface area (Å²) < 4.78 is 68.1. The molecule has 0 heterocycles. The van der Waals surface area contributed by atoms with Gasteiger partial charge in [0.05, 0.1) is 26.4 Å². The molecule has 6 atom stereocenters. The molecule has 510 valence electrons. The summed E-state index contributed by atoms with van der Waals surface area (Å²) in [4.78, 5) is 72.4. The van der Waals surface area contributed by atoms with Crippen LogP contribution in [0.1, 0.15) is 325 Å². The SMILES string of the molecule is CCC(C)CCCCCCCCCCCCC(=O)O[C@H](COC(=O)CCCCCCCCCCC(C)C)COP(=O)(O)OC[C@@H](O)COP(=O)(O)OC[C@@H](COC(=O)CCCCCCCCC(C)C)OC(=O)CCCCCCCCCCCC(C)C. The van der Waals surface area contributed by atoms with Crippen molar-refractivity contribution in [1.29, 1.82) is 0 Å². The fraction of sp³-hybridized carbons (Fsp3) is 0.940. The zero-order chi connectivity index (χ0) is 63.9. The van der Waals surface area contributed by atoms with Crippen molar-refractivity contribution in [2.24, 2.45) is 23.7 Å². The molecule has 0 aromatic heterocycles. The molecule has 0 aliphatic carbocycles. The molecule has 3 unspecified atom stereocenters. The van der Waals surface area contributed by atoms with E-state index in [4.69, 9.17) is 37.0 Å². The molecule has 17 nitrogen and oxygen atoms in total. The number of rotatable bonds is 64. The monoisotopic (exact) mass is 1270 g/mol. The third-order valence-corrected chi connectivity index (χ3v) is 17.6.